The van der Waals surface area contributed by atoms with E-state index in [1.807, 2.05) is 36.4 Å². The highest BCUT2D eigenvalue weighted by molar-refractivity contribution is 6.30. The fourth-order valence-corrected chi connectivity index (χ4v) is 2.40. The minimum atomic E-state index is -0.171. The Morgan fingerprint density at radius 3 is 2.45 bits per heavy atom. The molecule has 22 heavy (non-hydrogen) atoms. The van der Waals surface area contributed by atoms with E-state index in [-0.39, 0.29) is 5.91 Å². The molecule has 0 unspecified atom stereocenters. The maximum atomic E-state index is 12.0. The topological polar surface area (TPSA) is 29.1 Å². The van der Waals surface area contributed by atoms with Crippen LogP contribution in [0.15, 0.2) is 72.8 Å². The van der Waals surface area contributed by atoms with Gasteiger partial charge in [0.25, 0.3) is 0 Å². The summed E-state index contributed by atoms with van der Waals surface area (Å²) in [6.07, 6.45) is 3.37. The van der Waals surface area contributed by atoms with Crippen molar-refractivity contribution in [2.45, 2.75) is 0 Å². The van der Waals surface area contributed by atoms with Gasteiger partial charge in [0.15, 0.2) is 0 Å². The van der Waals surface area contributed by atoms with Crippen LogP contribution >= 0.6 is 11.6 Å². The molecule has 0 aromatic heterocycles. The minimum Gasteiger partial charge on any atom is -0.323 e. The monoisotopic (exact) mass is 307 g/mol. The number of carbonyl (C=O) groups excluding carboxylic acids is 1. The zero-order valence-corrected chi connectivity index (χ0v) is 12.5. The number of fused-ring (bicyclic) bond motifs is 1. The Morgan fingerprint density at radius 1 is 0.909 bits per heavy atom. The van der Waals surface area contributed by atoms with Gasteiger partial charge in [-0.05, 0) is 46.7 Å². The third-order valence-corrected chi connectivity index (χ3v) is 3.60. The van der Waals surface area contributed by atoms with Gasteiger partial charge in [-0.25, -0.2) is 0 Å². The number of anilines is 1. The van der Waals surface area contributed by atoms with E-state index in [1.54, 1.807) is 24.3 Å². The third kappa shape index (κ3) is 3.35. The molecule has 1 N–H and O–H groups in total. The highest BCUT2D eigenvalue weighted by Gasteiger charge is 2.00. The average molecular weight is 308 g/mol. The maximum absolute atomic E-state index is 12.0. The molecular formula is C19H14ClNO. The van der Waals surface area contributed by atoms with Crippen LogP contribution in [0, 0.1) is 0 Å². The number of carbonyl (C=O) groups is 1. The minimum absolute atomic E-state index is 0.171. The summed E-state index contributed by atoms with van der Waals surface area (Å²) < 4.78 is 0. The van der Waals surface area contributed by atoms with Gasteiger partial charge in [-0.1, -0.05) is 54.1 Å². The van der Waals surface area contributed by atoms with E-state index >= 15 is 0 Å². The van der Waals surface area contributed by atoms with Crippen LogP contribution in [-0.2, 0) is 4.79 Å². The number of benzene rings is 3. The lowest BCUT2D eigenvalue weighted by Crippen LogP contribution is -2.07. The number of nitrogens with one attached hydrogen (secondary N) is 1. The molecule has 0 aliphatic heterocycles. The number of hydrogen-bond donors (Lipinski definition) is 1. The molecule has 0 saturated carbocycles. The predicted octanol–water partition coefficient (Wildman–Crippen LogP) is 5.15. The van der Waals surface area contributed by atoms with E-state index in [0.29, 0.717) is 5.02 Å². The molecule has 0 radical (unpaired) electrons. The van der Waals surface area contributed by atoms with E-state index in [2.05, 4.69) is 17.4 Å². The zero-order valence-electron chi connectivity index (χ0n) is 11.8. The fraction of sp³-hybridized carbons (Fsp3) is 0. The maximum Gasteiger partial charge on any atom is 0.248 e. The molecule has 0 fully saturated rings. The number of hydrogen-bond acceptors (Lipinski definition) is 1. The van der Waals surface area contributed by atoms with Gasteiger partial charge >= 0.3 is 0 Å². The second-order valence-corrected chi connectivity index (χ2v) is 5.33. The van der Waals surface area contributed by atoms with Gasteiger partial charge in [0, 0.05) is 16.8 Å². The van der Waals surface area contributed by atoms with E-state index in [0.717, 1.165) is 22.0 Å². The van der Waals surface area contributed by atoms with Crippen molar-refractivity contribution in [2.75, 3.05) is 5.32 Å². The summed E-state index contributed by atoms with van der Waals surface area (Å²) in [5.74, 6) is -0.171. The second kappa shape index (κ2) is 6.46. The highest BCUT2D eigenvalue weighted by Crippen LogP contribution is 2.19. The molecule has 3 aromatic rings. The first-order valence-corrected chi connectivity index (χ1v) is 7.32. The lowest BCUT2D eigenvalue weighted by Gasteiger charge is -2.03. The van der Waals surface area contributed by atoms with Gasteiger partial charge in [-0.2, -0.15) is 0 Å². The van der Waals surface area contributed by atoms with Crippen LogP contribution in [0.25, 0.3) is 16.8 Å². The van der Waals surface area contributed by atoms with E-state index < -0.39 is 0 Å². The molecule has 0 saturated heterocycles. The standard InChI is InChI=1S/C19H14ClNO/c20-16-9-11-17(12-10-16)21-19(22)13-8-15-6-3-5-14-4-1-2-7-18(14)15/h1-13H,(H,21,22)/b13-8-. The van der Waals surface area contributed by atoms with E-state index in [1.165, 1.54) is 6.08 Å². The Hall–Kier alpha value is -2.58. The van der Waals surface area contributed by atoms with Crippen molar-refractivity contribution in [3.05, 3.63) is 83.4 Å². The van der Waals surface area contributed by atoms with Gasteiger partial charge in [0.2, 0.25) is 5.91 Å². The molecule has 0 atom stereocenters. The van der Waals surface area contributed by atoms with Crippen LogP contribution in [0.2, 0.25) is 5.02 Å². The van der Waals surface area contributed by atoms with Crippen molar-refractivity contribution in [1.82, 2.24) is 0 Å². The lowest BCUT2D eigenvalue weighted by atomic mass is 10.0. The molecule has 3 aromatic carbocycles. The molecule has 3 heteroatoms. The second-order valence-electron chi connectivity index (χ2n) is 4.90. The fourth-order valence-electron chi connectivity index (χ4n) is 2.28. The molecule has 0 spiro atoms. The summed E-state index contributed by atoms with van der Waals surface area (Å²) in [7, 11) is 0. The molecule has 2 nitrogen and oxygen atoms in total. The Morgan fingerprint density at radius 2 is 1.64 bits per heavy atom. The van der Waals surface area contributed by atoms with E-state index in [4.69, 9.17) is 11.6 Å². The van der Waals surface area contributed by atoms with E-state index in [9.17, 15) is 4.79 Å². The highest BCUT2D eigenvalue weighted by atomic mass is 35.5. The first-order chi connectivity index (χ1) is 10.7. The summed E-state index contributed by atoms with van der Waals surface area (Å²) in [5, 5.41) is 5.73. The third-order valence-electron chi connectivity index (χ3n) is 3.35. The number of halogens is 1. The molecule has 0 heterocycles. The van der Waals surface area contributed by atoms with Crippen LogP contribution in [0.4, 0.5) is 5.69 Å². The van der Waals surface area contributed by atoms with Gasteiger partial charge in [-0.3, -0.25) is 4.79 Å². The van der Waals surface area contributed by atoms with Gasteiger partial charge in [0.05, 0.1) is 0 Å². The molecule has 0 aliphatic rings. The molecule has 3 rings (SSSR count). The first kappa shape index (κ1) is 14.4. The van der Waals surface area contributed by atoms with Crippen molar-refractivity contribution in [3.8, 4) is 0 Å². The molecule has 1 amide bonds. The number of rotatable bonds is 3. The normalized spacial score (nSPS) is 11.0. The first-order valence-electron chi connectivity index (χ1n) is 6.95. The van der Waals surface area contributed by atoms with Crippen molar-refractivity contribution < 1.29 is 4.79 Å². The number of amides is 1. The summed E-state index contributed by atoms with van der Waals surface area (Å²) in [6.45, 7) is 0. The van der Waals surface area contributed by atoms with Crippen LogP contribution in [0.1, 0.15) is 5.56 Å². The van der Waals surface area contributed by atoms with Crippen molar-refractivity contribution in [1.29, 1.82) is 0 Å². The van der Waals surface area contributed by atoms with Gasteiger partial charge < -0.3 is 5.32 Å². The Bertz CT molecular complexity index is 832. The molecular weight excluding hydrogens is 294 g/mol. The van der Waals surface area contributed by atoms with Crippen LogP contribution in [0.5, 0.6) is 0 Å². The zero-order chi connectivity index (χ0) is 15.4. The largest absolute Gasteiger partial charge is 0.323 e. The van der Waals surface area contributed by atoms with Gasteiger partial charge in [-0.15, -0.1) is 0 Å². The van der Waals surface area contributed by atoms with Crippen LogP contribution in [-0.4, -0.2) is 5.91 Å². The summed E-state index contributed by atoms with van der Waals surface area (Å²) >= 11 is 5.82. The van der Waals surface area contributed by atoms with Crippen molar-refractivity contribution >= 4 is 40.0 Å². The smallest absolute Gasteiger partial charge is 0.248 e. The van der Waals surface area contributed by atoms with Crippen LogP contribution in [0.3, 0.4) is 0 Å². The Kier molecular flexibility index (Phi) is 4.22. The van der Waals surface area contributed by atoms with Crippen LogP contribution < -0.4 is 5.32 Å². The van der Waals surface area contributed by atoms with Crippen molar-refractivity contribution in [2.24, 2.45) is 0 Å². The lowest BCUT2D eigenvalue weighted by molar-refractivity contribution is -0.111. The predicted molar refractivity (Wildman–Crippen MR) is 93.1 cm³/mol. The Balaban J connectivity index is 1.78. The summed E-state index contributed by atoms with van der Waals surface area (Å²) in [6, 6.07) is 21.2. The SMILES string of the molecule is O=C(/C=C\c1cccc2ccccc12)Nc1ccc(Cl)cc1. The Labute approximate surface area is 134 Å². The van der Waals surface area contributed by atoms with Gasteiger partial charge in [0.1, 0.15) is 0 Å². The molecule has 108 valence electrons. The quantitative estimate of drug-likeness (QED) is 0.666. The molecule has 0 bridgehead atoms. The van der Waals surface area contributed by atoms with Crippen molar-refractivity contribution in [3.63, 3.8) is 0 Å². The summed E-state index contributed by atoms with van der Waals surface area (Å²) in [4.78, 5) is 12.0. The molecule has 0 aliphatic carbocycles. The average Bonchev–Trinajstić information content (AvgIpc) is 2.55. The summed E-state index contributed by atoms with van der Waals surface area (Å²) in [5.41, 5.74) is 1.74.